The number of fused-ring (bicyclic) bond motifs is 5. The van der Waals surface area contributed by atoms with E-state index in [1.165, 1.54) is 18.5 Å². The Morgan fingerprint density at radius 1 is 0.962 bits per heavy atom. The number of H-pyrrole nitrogens is 1. The van der Waals surface area contributed by atoms with E-state index in [9.17, 15) is 18.0 Å². The summed E-state index contributed by atoms with van der Waals surface area (Å²) in [6, 6.07) is 10.1. The van der Waals surface area contributed by atoms with Crippen molar-refractivity contribution in [2.24, 2.45) is 41.5 Å². The second-order valence-corrected chi connectivity index (χ2v) is 16.8. The van der Waals surface area contributed by atoms with Gasteiger partial charge in [0.25, 0.3) is 5.56 Å². The number of aromatic amines is 1. The second kappa shape index (κ2) is 12.3. The van der Waals surface area contributed by atoms with Gasteiger partial charge in [-0.25, -0.2) is 23.3 Å². The summed E-state index contributed by atoms with van der Waals surface area (Å²) in [6.07, 6.45) is 8.90. The molecule has 276 valence electrons. The monoisotopic (exact) mass is 716 g/mol. The molecule has 3 heterocycles. The molecular formula is C40H47F3N6O3. The van der Waals surface area contributed by atoms with Gasteiger partial charge in [0.05, 0.1) is 35.8 Å². The highest BCUT2D eigenvalue weighted by Gasteiger charge is 2.62. The molecule has 0 spiro atoms. The first kappa shape index (κ1) is 33.9. The fourth-order valence-electron chi connectivity index (χ4n) is 11.7. The highest BCUT2D eigenvalue weighted by atomic mass is 19.3. The second-order valence-electron chi connectivity index (χ2n) is 16.8. The van der Waals surface area contributed by atoms with Crippen molar-refractivity contribution in [3.63, 3.8) is 0 Å². The standard InChI is InChI=1S/C40H47F3N6O3/c1-38-14-15-40(42,43)20-23(38)6-9-26-28-10-11-31(39(28,2)13-12-29(26)38)52-17-16-51-25-7-4-22(5-8-25)34-33(36-44-21-45-49(36)3)35-32-27(37(50)48-47-35)18-24(41)19-30(32)46-34/h4-5,7-8,18-19,21,23,26,28-29,31,33-34,46H,6,9-17,20H2,1-3H3,(H,48,50)/t23-,26-,28-,29-,31-,33+,34?,38-,39-/m0/s1. The lowest BCUT2D eigenvalue weighted by atomic mass is 9.45. The van der Waals surface area contributed by atoms with Crippen molar-refractivity contribution >= 4 is 16.5 Å². The maximum Gasteiger partial charge on any atom is 0.272 e. The Kier molecular flexibility index (Phi) is 8.02. The van der Waals surface area contributed by atoms with Crippen molar-refractivity contribution in [1.82, 2.24) is 25.0 Å². The van der Waals surface area contributed by atoms with E-state index in [4.69, 9.17) is 9.47 Å². The van der Waals surface area contributed by atoms with Gasteiger partial charge in [0.2, 0.25) is 5.92 Å². The van der Waals surface area contributed by atoms with Crippen LogP contribution in [-0.4, -0.2) is 50.2 Å². The van der Waals surface area contributed by atoms with Crippen LogP contribution < -0.4 is 15.6 Å². The van der Waals surface area contributed by atoms with Crippen LogP contribution in [0.15, 0.2) is 47.5 Å². The number of nitrogens with one attached hydrogen (secondary N) is 2. The normalized spacial score (nSPS) is 34.6. The van der Waals surface area contributed by atoms with Crippen LogP contribution in [0.5, 0.6) is 5.75 Å². The predicted octanol–water partition coefficient (Wildman–Crippen LogP) is 7.93. The lowest BCUT2D eigenvalue weighted by Crippen LogP contribution is -2.55. The number of hydrogen-bond donors (Lipinski definition) is 2. The molecule has 0 radical (unpaired) electrons. The van der Waals surface area contributed by atoms with Gasteiger partial charge in [0, 0.05) is 31.0 Å². The zero-order chi connectivity index (χ0) is 36.0. The molecule has 1 unspecified atom stereocenters. The smallest absolute Gasteiger partial charge is 0.272 e. The molecule has 0 amide bonds. The van der Waals surface area contributed by atoms with Gasteiger partial charge >= 0.3 is 0 Å². The van der Waals surface area contributed by atoms with Gasteiger partial charge in [-0.05, 0) is 109 Å². The number of benzene rings is 2. The first-order valence-electron chi connectivity index (χ1n) is 19.0. The number of nitrogens with zero attached hydrogens (tertiary/aromatic N) is 4. The highest BCUT2D eigenvalue weighted by molar-refractivity contribution is 5.97. The van der Waals surface area contributed by atoms with Gasteiger partial charge < -0.3 is 14.8 Å². The zero-order valence-corrected chi connectivity index (χ0v) is 30.0. The van der Waals surface area contributed by atoms with E-state index in [-0.39, 0.29) is 47.1 Å². The van der Waals surface area contributed by atoms with Gasteiger partial charge in [-0.1, -0.05) is 26.0 Å². The topological polar surface area (TPSA) is 107 Å². The molecule has 0 bridgehead atoms. The molecule has 9 atom stereocenters. The van der Waals surface area contributed by atoms with E-state index >= 15 is 0 Å². The molecule has 0 saturated heterocycles. The number of rotatable bonds is 7. The molecular weight excluding hydrogens is 669 g/mol. The summed E-state index contributed by atoms with van der Waals surface area (Å²) in [5, 5.41) is 15.6. The Labute approximate surface area is 301 Å². The zero-order valence-electron chi connectivity index (χ0n) is 30.0. The molecule has 9 rings (SSSR count). The molecule has 4 fully saturated rings. The third kappa shape index (κ3) is 5.37. The average molecular weight is 717 g/mol. The molecule has 5 aliphatic rings. The number of halogens is 3. The summed E-state index contributed by atoms with van der Waals surface area (Å²) >= 11 is 0. The molecule has 2 aromatic heterocycles. The Balaban J connectivity index is 0.855. The van der Waals surface area contributed by atoms with Gasteiger partial charge in [0.1, 0.15) is 30.3 Å². The Hall–Kier alpha value is -3.93. The molecule has 52 heavy (non-hydrogen) atoms. The number of aromatic nitrogens is 5. The summed E-state index contributed by atoms with van der Waals surface area (Å²) in [5.41, 5.74) is 1.72. The number of anilines is 1. The minimum absolute atomic E-state index is 0.0469. The van der Waals surface area contributed by atoms with Crippen molar-refractivity contribution in [2.75, 3.05) is 18.5 Å². The first-order chi connectivity index (χ1) is 24.9. The minimum atomic E-state index is -2.49. The van der Waals surface area contributed by atoms with Crippen molar-refractivity contribution in [2.45, 2.75) is 95.6 Å². The van der Waals surface area contributed by atoms with E-state index < -0.39 is 23.2 Å². The van der Waals surface area contributed by atoms with Crippen LogP contribution in [-0.2, 0) is 11.8 Å². The number of alkyl halides is 2. The van der Waals surface area contributed by atoms with Crippen LogP contribution in [0.2, 0.25) is 0 Å². The maximum atomic E-state index is 14.7. The average Bonchev–Trinajstić information content (AvgIpc) is 3.70. The number of aryl methyl sites for hydroxylation is 1. The lowest BCUT2D eigenvalue weighted by molar-refractivity contribution is -0.170. The quantitative estimate of drug-likeness (QED) is 0.187. The molecule has 4 aromatic rings. The van der Waals surface area contributed by atoms with E-state index in [1.54, 1.807) is 4.68 Å². The van der Waals surface area contributed by atoms with Crippen LogP contribution in [0.4, 0.5) is 18.9 Å². The number of ether oxygens (including phenoxy) is 2. The van der Waals surface area contributed by atoms with Crippen LogP contribution in [0.3, 0.4) is 0 Å². The summed E-state index contributed by atoms with van der Waals surface area (Å²) < 4.78 is 57.8. The molecule has 9 nitrogen and oxygen atoms in total. The molecule has 1 aliphatic heterocycles. The summed E-state index contributed by atoms with van der Waals surface area (Å²) in [7, 11) is 1.81. The van der Waals surface area contributed by atoms with Gasteiger partial charge in [-0.3, -0.25) is 9.48 Å². The molecule has 4 saturated carbocycles. The largest absolute Gasteiger partial charge is 0.491 e. The Morgan fingerprint density at radius 3 is 2.56 bits per heavy atom. The van der Waals surface area contributed by atoms with Crippen molar-refractivity contribution in [1.29, 1.82) is 0 Å². The number of hydrogen-bond acceptors (Lipinski definition) is 7. The lowest BCUT2D eigenvalue weighted by Gasteiger charge is -2.61. The summed E-state index contributed by atoms with van der Waals surface area (Å²) in [4.78, 5) is 17.1. The van der Waals surface area contributed by atoms with Gasteiger partial charge in [-0.2, -0.15) is 10.2 Å². The summed E-state index contributed by atoms with van der Waals surface area (Å²) in [6.45, 7) is 5.67. The SMILES string of the molecule is Cn1ncnc1[C@H]1c2n[nH]c(=O)c3cc(F)cc(c23)NC1c1ccc(OCCO[C@H]2CC[C@H]3[C@@H]4CC[C@H]5CC(F)(F)CC[C@]5(C)[C@H]4CC[C@]23C)cc1. The maximum absolute atomic E-state index is 14.7. The molecule has 2 aromatic carbocycles. The van der Waals surface area contributed by atoms with Crippen LogP contribution in [0.25, 0.3) is 10.8 Å². The fourth-order valence-corrected chi connectivity index (χ4v) is 11.7. The third-order valence-electron chi connectivity index (χ3n) is 14.3. The minimum Gasteiger partial charge on any atom is -0.491 e. The summed E-state index contributed by atoms with van der Waals surface area (Å²) in [5.74, 6) is -0.136. The molecule has 4 aliphatic carbocycles. The van der Waals surface area contributed by atoms with Crippen LogP contribution in [0, 0.1) is 40.3 Å². The predicted molar refractivity (Wildman–Crippen MR) is 190 cm³/mol. The van der Waals surface area contributed by atoms with Crippen molar-refractivity contribution in [3.05, 3.63) is 76.0 Å². The fraction of sp³-hybridized carbons (Fsp3) is 0.600. The molecule has 2 N–H and O–H groups in total. The van der Waals surface area contributed by atoms with E-state index in [2.05, 4.69) is 39.4 Å². The van der Waals surface area contributed by atoms with E-state index in [0.29, 0.717) is 65.7 Å². The van der Waals surface area contributed by atoms with Crippen molar-refractivity contribution < 1.29 is 22.6 Å². The Bertz CT molecular complexity index is 2050. The van der Waals surface area contributed by atoms with Gasteiger partial charge in [0.15, 0.2) is 0 Å². The van der Waals surface area contributed by atoms with Crippen LogP contribution in [0.1, 0.15) is 101 Å². The Morgan fingerprint density at radius 2 is 1.77 bits per heavy atom. The van der Waals surface area contributed by atoms with E-state index in [0.717, 1.165) is 44.1 Å². The molecule has 12 heteroatoms. The highest BCUT2D eigenvalue weighted by Crippen LogP contribution is 2.67. The van der Waals surface area contributed by atoms with Crippen molar-refractivity contribution in [3.8, 4) is 5.75 Å². The first-order valence-corrected chi connectivity index (χ1v) is 19.0. The van der Waals surface area contributed by atoms with E-state index in [1.807, 2.05) is 31.3 Å². The van der Waals surface area contributed by atoms with Crippen LogP contribution >= 0.6 is 0 Å². The van der Waals surface area contributed by atoms with Gasteiger partial charge in [-0.15, -0.1) is 0 Å². The third-order valence-corrected chi connectivity index (χ3v) is 14.3.